The third-order valence-corrected chi connectivity index (χ3v) is 4.70. The van der Waals surface area contributed by atoms with Gasteiger partial charge in [0.15, 0.2) is 11.5 Å². The Labute approximate surface area is 164 Å². The molecule has 1 atom stereocenters. The lowest BCUT2D eigenvalue weighted by Crippen LogP contribution is -2.32. The molecule has 6 heteroatoms. The molecule has 0 unspecified atom stereocenters. The highest BCUT2D eigenvalue weighted by atomic mass is 16.6. The van der Waals surface area contributed by atoms with Crippen molar-refractivity contribution < 1.29 is 19.3 Å². The fraction of sp³-hybridized carbons (Fsp3) is 0.318. The maximum atomic E-state index is 10.1. The molecule has 28 heavy (non-hydrogen) atoms. The summed E-state index contributed by atoms with van der Waals surface area (Å²) in [4.78, 5) is 4.69. The first-order chi connectivity index (χ1) is 13.8. The topological polar surface area (TPSA) is 65.7 Å². The van der Waals surface area contributed by atoms with Crippen molar-refractivity contribution in [2.75, 3.05) is 26.4 Å². The molecule has 2 aromatic carbocycles. The lowest BCUT2D eigenvalue weighted by Gasteiger charge is -2.24. The summed E-state index contributed by atoms with van der Waals surface area (Å²) in [6.45, 7) is 4.82. The number of aromatic nitrogens is 2. The summed E-state index contributed by atoms with van der Waals surface area (Å²) in [6, 6.07) is 15.5. The van der Waals surface area contributed by atoms with Gasteiger partial charge in [-0.2, -0.15) is 0 Å². The van der Waals surface area contributed by atoms with Crippen LogP contribution in [-0.2, 0) is 16.0 Å². The zero-order valence-electron chi connectivity index (χ0n) is 15.9. The fourth-order valence-electron chi connectivity index (χ4n) is 3.42. The number of phenols is 1. The van der Waals surface area contributed by atoms with Crippen LogP contribution in [0.4, 0.5) is 0 Å². The van der Waals surface area contributed by atoms with E-state index in [2.05, 4.69) is 9.55 Å². The van der Waals surface area contributed by atoms with E-state index in [-0.39, 0.29) is 11.9 Å². The van der Waals surface area contributed by atoms with Crippen LogP contribution in [-0.4, -0.2) is 47.2 Å². The number of imidazole rings is 1. The Morgan fingerprint density at radius 3 is 2.75 bits per heavy atom. The summed E-state index contributed by atoms with van der Waals surface area (Å²) in [5, 5.41) is 10.1. The Hall–Kier alpha value is -2.83. The second-order valence-electron chi connectivity index (χ2n) is 6.64. The molecule has 3 aromatic rings. The van der Waals surface area contributed by atoms with Crippen molar-refractivity contribution in [2.24, 2.45) is 0 Å². The van der Waals surface area contributed by atoms with E-state index >= 15 is 0 Å². The zero-order valence-corrected chi connectivity index (χ0v) is 15.9. The number of aromatic hydroxyl groups is 1. The number of rotatable bonds is 6. The third kappa shape index (κ3) is 3.88. The Balaban J connectivity index is 1.78. The molecule has 1 N–H and O–H groups in total. The largest absolute Gasteiger partial charge is 0.504 e. The standard InChI is InChI=1S/C22H24N2O4/c1-2-27-20-12-17(8-9-19(20)25)22-21(16-6-4-3-5-7-16)23-15-24(22)13-18-14-26-10-11-28-18/h3-9,12,15,18,25H,2,10-11,13-14H2,1H3/t18-/m0/s1. The van der Waals surface area contributed by atoms with Gasteiger partial charge >= 0.3 is 0 Å². The van der Waals surface area contributed by atoms with Crippen molar-refractivity contribution >= 4 is 0 Å². The molecule has 0 bridgehead atoms. The monoisotopic (exact) mass is 380 g/mol. The van der Waals surface area contributed by atoms with Gasteiger partial charge in [-0.05, 0) is 25.1 Å². The molecule has 0 aliphatic carbocycles. The fourth-order valence-corrected chi connectivity index (χ4v) is 3.42. The number of hydrogen-bond donors (Lipinski definition) is 1. The highest BCUT2D eigenvalue weighted by Crippen LogP contribution is 2.36. The van der Waals surface area contributed by atoms with E-state index < -0.39 is 0 Å². The number of benzene rings is 2. The summed E-state index contributed by atoms with van der Waals surface area (Å²) in [5.41, 5.74) is 3.80. The third-order valence-electron chi connectivity index (χ3n) is 4.70. The van der Waals surface area contributed by atoms with Crippen LogP contribution in [0.3, 0.4) is 0 Å². The van der Waals surface area contributed by atoms with Gasteiger partial charge in [-0.15, -0.1) is 0 Å². The second-order valence-corrected chi connectivity index (χ2v) is 6.64. The molecule has 6 nitrogen and oxygen atoms in total. The van der Waals surface area contributed by atoms with Crippen molar-refractivity contribution in [3.63, 3.8) is 0 Å². The van der Waals surface area contributed by atoms with Crippen LogP contribution in [0.5, 0.6) is 11.5 Å². The van der Waals surface area contributed by atoms with Gasteiger partial charge < -0.3 is 23.9 Å². The Kier molecular flexibility index (Phi) is 5.60. The molecule has 0 spiro atoms. The quantitative estimate of drug-likeness (QED) is 0.706. The van der Waals surface area contributed by atoms with Crippen LogP contribution in [0.2, 0.25) is 0 Å². The van der Waals surface area contributed by atoms with Gasteiger partial charge in [0.1, 0.15) is 0 Å². The summed E-state index contributed by atoms with van der Waals surface area (Å²) >= 11 is 0. The zero-order chi connectivity index (χ0) is 19.3. The van der Waals surface area contributed by atoms with Crippen molar-refractivity contribution in [3.05, 3.63) is 54.9 Å². The molecular formula is C22H24N2O4. The molecule has 1 saturated heterocycles. The molecule has 146 valence electrons. The first-order valence-electron chi connectivity index (χ1n) is 9.52. The van der Waals surface area contributed by atoms with Crippen LogP contribution in [0.15, 0.2) is 54.9 Å². The second kappa shape index (κ2) is 8.46. The SMILES string of the molecule is CCOc1cc(-c2c(-c3ccccc3)ncn2C[C@H]2COCCO2)ccc1O. The summed E-state index contributed by atoms with van der Waals surface area (Å²) in [7, 11) is 0. The molecule has 0 saturated carbocycles. The van der Waals surface area contributed by atoms with Crippen molar-refractivity contribution in [1.29, 1.82) is 0 Å². The number of hydrogen-bond acceptors (Lipinski definition) is 5. The number of ether oxygens (including phenoxy) is 3. The maximum absolute atomic E-state index is 10.1. The van der Waals surface area contributed by atoms with Gasteiger partial charge in [0.05, 0.1) is 56.8 Å². The van der Waals surface area contributed by atoms with Gasteiger partial charge in [0.2, 0.25) is 0 Å². The molecule has 1 aliphatic heterocycles. The predicted octanol–water partition coefficient (Wildman–Crippen LogP) is 3.74. The van der Waals surface area contributed by atoms with Crippen molar-refractivity contribution in [1.82, 2.24) is 9.55 Å². The molecule has 1 fully saturated rings. The average Bonchev–Trinajstić information content (AvgIpc) is 3.15. The lowest BCUT2D eigenvalue weighted by molar-refractivity contribution is -0.0934. The van der Waals surface area contributed by atoms with Gasteiger partial charge in [-0.25, -0.2) is 4.98 Å². The van der Waals surface area contributed by atoms with Gasteiger partial charge in [-0.1, -0.05) is 30.3 Å². The Morgan fingerprint density at radius 2 is 2.00 bits per heavy atom. The molecule has 0 radical (unpaired) electrons. The van der Waals surface area contributed by atoms with Crippen LogP contribution >= 0.6 is 0 Å². The predicted molar refractivity (Wildman–Crippen MR) is 106 cm³/mol. The first-order valence-corrected chi connectivity index (χ1v) is 9.52. The van der Waals surface area contributed by atoms with E-state index in [0.29, 0.717) is 38.7 Å². The first kappa shape index (κ1) is 18.5. The van der Waals surface area contributed by atoms with Crippen molar-refractivity contribution in [3.8, 4) is 34.0 Å². The molecule has 1 aliphatic rings. The Bertz CT molecular complexity index is 918. The van der Waals surface area contributed by atoms with Crippen LogP contribution < -0.4 is 4.74 Å². The normalized spacial score (nSPS) is 16.8. The van der Waals surface area contributed by atoms with E-state index in [4.69, 9.17) is 14.2 Å². The van der Waals surface area contributed by atoms with E-state index in [1.54, 1.807) is 6.07 Å². The van der Waals surface area contributed by atoms with Crippen LogP contribution in [0, 0.1) is 0 Å². The minimum absolute atomic E-state index is 0.0196. The van der Waals surface area contributed by atoms with E-state index in [1.165, 1.54) is 0 Å². The molecule has 4 rings (SSSR count). The highest BCUT2D eigenvalue weighted by molar-refractivity contribution is 5.79. The summed E-state index contributed by atoms with van der Waals surface area (Å²) < 4.78 is 19.1. The van der Waals surface area contributed by atoms with Crippen LogP contribution in [0.1, 0.15) is 6.92 Å². The molecule has 0 amide bonds. The lowest BCUT2D eigenvalue weighted by atomic mass is 10.0. The van der Waals surface area contributed by atoms with Crippen LogP contribution in [0.25, 0.3) is 22.5 Å². The van der Waals surface area contributed by atoms with E-state index in [1.807, 2.05) is 55.7 Å². The number of phenolic OH excluding ortho intramolecular Hbond substituents is 1. The maximum Gasteiger partial charge on any atom is 0.161 e. The number of nitrogens with zero attached hydrogens (tertiary/aromatic N) is 2. The molecular weight excluding hydrogens is 356 g/mol. The molecule has 2 heterocycles. The van der Waals surface area contributed by atoms with Gasteiger partial charge in [0, 0.05) is 11.1 Å². The van der Waals surface area contributed by atoms with E-state index in [9.17, 15) is 5.11 Å². The highest BCUT2D eigenvalue weighted by Gasteiger charge is 2.21. The average molecular weight is 380 g/mol. The Morgan fingerprint density at radius 1 is 1.14 bits per heavy atom. The smallest absolute Gasteiger partial charge is 0.161 e. The summed E-state index contributed by atoms with van der Waals surface area (Å²) in [5.74, 6) is 0.589. The summed E-state index contributed by atoms with van der Waals surface area (Å²) in [6.07, 6.45) is 1.82. The van der Waals surface area contributed by atoms with Gasteiger partial charge in [-0.3, -0.25) is 0 Å². The minimum atomic E-state index is -0.0196. The molecule has 1 aromatic heterocycles. The van der Waals surface area contributed by atoms with E-state index in [0.717, 1.165) is 22.5 Å². The van der Waals surface area contributed by atoms with Gasteiger partial charge in [0.25, 0.3) is 0 Å². The van der Waals surface area contributed by atoms with Crippen molar-refractivity contribution in [2.45, 2.75) is 19.6 Å². The minimum Gasteiger partial charge on any atom is -0.504 e.